The van der Waals surface area contributed by atoms with Crippen molar-refractivity contribution in [3.63, 3.8) is 0 Å². The van der Waals surface area contributed by atoms with Crippen molar-refractivity contribution in [2.75, 3.05) is 26.4 Å². The summed E-state index contributed by atoms with van der Waals surface area (Å²) in [5, 5.41) is 109. The minimum absolute atomic E-state index is 0.0940. The fourth-order valence-corrected chi connectivity index (χ4v) is 14.7. The molecule has 1 aromatic rings. The Balaban J connectivity index is 1.10. The van der Waals surface area contributed by atoms with Gasteiger partial charge in [0.2, 0.25) is 0 Å². The molecule has 21 atom stereocenters. The Bertz CT molecular complexity index is 1900. The molecular weight excluding hydrogens is 845 g/mol. The SMILES string of the molecule is CC1(C)C[C@@H]2C3=CC[C@@H]4[C@@]5(C)CC[C@H](O[C@H]6O[C@@H](CO)[C@H](O)[C@H](O)[C@H]6O[C@H]6O[C@@H](CO)[C@H](O)[C@H](O)[C@@H]6O)[C@](C)(CO)[C@H]5CC[C@@]4(C)[C@]3(C)C[C@@H](OC(=O)c3ccccc3)[C@]2(CO)C[C@@H]1O. The molecule has 2 heterocycles. The number of hydrogen-bond acceptors (Lipinski definition) is 16. The second-order valence-corrected chi connectivity index (χ2v) is 22.4. The molecule has 0 unspecified atom stereocenters. The Morgan fingerprint density at radius 1 is 0.692 bits per heavy atom. The van der Waals surface area contributed by atoms with Gasteiger partial charge in [-0.1, -0.05) is 71.4 Å². The standard InChI is InChI=1S/C49H74O16/c1-44(2)18-27-26-12-13-31-45(3)16-15-33(64-43-40(38(58)36(56)29(22-51)62-43)65-42-39(59)37(57)35(55)28(21-50)61-42)46(4,23-52)30(45)14-17-47(31,5)48(26,6)20-34(49(27,24-53)19-32(44)54)63-41(60)25-10-8-7-9-11-25/h7-12,27-40,42-43,50-59H,13-24H2,1-6H3/t27-,28+,29+,30+,31-,32+,33+,34-,35+,36+,37+,38+,39+,40-,42-,43-,45+,46-,47-,48-,49+/m1/s1. The maximum absolute atomic E-state index is 13.9. The van der Waals surface area contributed by atoms with Gasteiger partial charge in [0, 0.05) is 10.8 Å². The van der Waals surface area contributed by atoms with E-state index in [0.717, 1.165) is 12.8 Å². The van der Waals surface area contributed by atoms with E-state index in [2.05, 4.69) is 40.7 Å². The Hall–Kier alpha value is -2.13. The van der Waals surface area contributed by atoms with Crippen LogP contribution in [0.4, 0.5) is 0 Å². The van der Waals surface area contributed by atoms with Gasteiger partial charge in [0.1, 0.15) is 54.9 Å². The predicted molar refractivity (Wildman–Crippen MR) is 231 cm³/mol. The molecule has 4 saturated carbocycles. The van der Waals surface area contributed by atoms with Crippen LogP contribution in [0.5, 0.6) is 0 Å². The summed E-state index contributed by atoms with van der Waals surface area (Å²) in [4.78, 5) is 13.9. The minimum Gasteiger partial charge on any atom is -0.458 e. The zero-order chi connectivity index (χ0) is 47.2. The molecule has 5 aliphatic carbocycles. The first-order valence-corrected chi connectivity index (χ1v) is 23.7. The van der Waals surface area contributed by atoms with Crippen molar-refractivity contribution in [1.82, 2.24) is 0 Å². The van der Waals surface area contributed by atoms with Crippen LogP contribution < -0.4 is 0 Å². The van der Waals surface area contributed by atoms with Gasteiger partial charge < -0.3 is 74.7 Å². The van der Waals surface area contributed by atoms with Crippen molar-refractivity contribution in [1.29, 1.82) is 0 Å². The Morgan fingerprint density at radius 3 is 1.97 bits per heavy atom. The second-order valence-electron chi connectivity index (χ2n) is 22.4. The van der Waals surface area contributed by atoms with E-state index < -0.39 is 121 Å². The predicted octanol–water partition coefficient (Wildman–Crippen LogP) is 1.57. The topological polar surface area (TPSA) is 266 Å². The van der Waals surface area contributed by atoms with Gasteiger partial charge in [-0.15, -0.1) is 0 Å². The Kier molecular flexibility index (Phi) is 13.4. The van der Waals surface area contributed by atoms with Crippen LogP contribution in [-0.2, 0) is 23.7 Å². The number of benzene rings is 1. The van der Waals surface area contributed by atoms with Crippen LogP contribution in [0.2, 0.25) is 0 Å². The quantitative estimate of drug-likeness (QED) is 0.0907. The molecule has 7 aliphatic rings. The van der Waals surface area contributed by atoms with Crippen molar-refractivity contribution in [3.05, 3.63) is 47.5 Å². The van der Waals surface area contributed by atoms with E-state index in [-0.39, 0.29) is 41.8 Å². The first-order chi connectivity index (χ1) is 30.6. The van der Waals surface area contributed by atoms with Crippen LogP contribution in [0.15, 0.2) is 42.0 Å². The Morgan fingerprint density at radius 2 is 1.34 bits per heavy atom. The van der Waals surface area contributed by atoms with Gasteiger partial charge >= 0.3 is 5.97 Å². The lowest BCUT2D eigenvalue weighted by atomic mass is 9.33. The highest BCUT2D eigenvalue weighted by molar-refractivity contribution is 5.89. The smallest absolute Gasteiger partial charge is 0.338 e. The van der Waals surface area contributed by atoms with Crippen molar-refractivity contribution >= 4 is 5.97 Å². The highest BCUT2D eigenvalue weighted by atomic mass is 16.8. The first-order valence-electron chi connectivity index (χ1n) is 23.7. The van der Waals surface area contributed by atoms with Crippen LogP contribution in [0.3, 0.4) is 0 Å². The number of aliphatic hydroxyl groups is 10. The minimum atomic E-state index is -1.82. The van der Waals surface area contributed by atoms with Gasteiger partial charge in [0.05, 0.1) is 44.2 Å². The maximum Gasteiger partial charge on any atom is 0.338 e. The zero-order valence-electron chi connectivity index (χ0n) is 38.6. The lowest BCUT2D eigenvalue weighted by Gasteiger charge is -2.72. The highest BCUT2D eigenvalue weighted by Crippen LogP contribution is 2.76. The molecule has 16 heteroatoms. The number of ether oxygens (including phenoxy) is 5. The molecule has 65 heavy (non-hydrogen) atoms. The number of fused-ring (bicyclic) bond motifs is 7. The molecule has 16 nitrogen and oxygen atoms in total. The summed E-state index contributed by atoms with van der Waals surface area (Å²) in [6.45, 7) is 11.2. The lowest BCUT2D eigenvalue weighted by Crippen LogP contribution is -2.69. The molecule has 2 aliphatic heterocycles. The third-order valence-corrected chi connectivity index (χ3v) is 18.9. The fourth-order valence-electron chi connectivity index (χ4n) is 14.7. The number of allylic oxidation sites excluding steroid dienone is 2. The number of carbonyl (C=O) groups is 1. The van der Waals surface area contributed by atoms with E-state index in [1.807, 2.05) is 13.0 Å². The van der Waals surface area contributed by atoms with E-state index >= 15 is 0 Å². The third-order valence-electron chi connectivity index (χ3n) is 18.9. The van der Waals surface area contributed by atoms with Crippen LogP contribution in [0, 0.1) is 50.2 Å². The average Bonchev–Trinajstić information content (AvgIpc) is 3.28. The summed E-state index contributed by atoms with van der Waals surface area (Å²) in [5.41, 5.74) is -1.68. The highest BCUT2D eigenvalue weighted by Gasteiger charge is 2.72. The second kappa shape index (κ2) is 17.7. The summed E-state index contributed by atoms with van der Waals surface area (Å²) >= 11 is 0. The summed E-state index contributed by atoms with van der Waals surface area (Å²) in [6, 6.07) is 8.88. The molecule has 0 bridgehead atoms. The molecule has 0 amide bonds. The van der Waals surface area contributed by atoms with Crippen molar-refractivity contribution in [3.8, 4) is 0 Å². The van der Waals surface area contributed by atoms with E-state index in [9.17, 15) is 55.9 Å². The summed E-state index contributed by atoms with van der Waals surface area (Å²) in [6.07, 6.45) is -10.9. The molecule has 10 N–H and O–H groups in total. The average molecular weight is 919 g/mol. The van der Waals surface area contributed by atoms with Gasteiger partial charge in [-0.05, 0) is 103 Å². The Labute approximate surface area is 381 Å². The summed E-state index contributed by atoms with van der Waals surface area (Å²) in [7, 11) is 0. The number of carbonyl (C=O) groups excluding carboxylic acids is 1. The van der Waals surface area contributed by atoms with E-state index in [0.29, 0.717) is 44.1 Å². The third kappa shape index (κ3) is 7.60. The summed E-state index contributed by atoms with van der Waals surface area (Å²) in [5.74, 6) is -0.604. The van der Waals surface area contributed by atoms with Crippen molar-refractivity contribution in [2.45, 2.75) is 173 Å². The molecule has 366 valence electrons. The van der Waals surface area contributed by atoms with Crippen LogP contribution in [-0.4, -0.2) is 163 Å². The van der Waals surface area contributed by atoms with Crippen LogP contribution in [0.25, 0.3) is 0 Å². The molecule has 0 radical (unpaired) electrons. The maximum atomic E-state index is 13.9. The molecule has 8 rings (SSSR count). The summed E-state index contributed by atoms with van der Waals surface area (Å²) < 4.78 is 31.0. The van der Waals surface area contributed by atoms with Gasteiger partial charge in [0.15, 0.2) is 12.6 Å². The molecule has 0 aromatic heterocycles. The largest absolute Gasteiger partial charge is 0.458 e. The van der Waals surface area contributed by atoms with Crippen LogP contribution >= 0.6 is 0 Å². The fraction of sp³-hybridized carbons (Fsp3) is 0.816. The van der Waals surface area contributed by atoms with E-state index in [1.165, 1.54) is 5.57 Å². The zero-order valence-corrected chi connectivity index (χ0v) is 38.6. The number of esters is 1. The molecular formula is C49H74O16. The first kappa shape index (κ1) is 49.3. The van der Waals surface area contributed by atoms with Gasteiger partial charge in [-0.3, -0.25) is 0 Å². The molecule has 1 aromatic carbocycles. The van der Waals surface area contributed by atoms with Gasteiger partial charge in [0.25, 0.3) is 0 Å². The molecule has 0 spiro atoms. The number of rotatable bonds is 10. The van der Waals surface area contributed by atoms with Gasteiger partial charge in [-0.2, -0.15) is 0 Å². The normalized spacial score (nSPS) is 50.5. The molecule has 2 saturated heterocycles. The van der Waals surface area contributed by atoms with Crippen molar-refractivity contribution in [2.24, 2.45) is 50.2 Å². The van der Waals surface area contributed by atoms with Gasteiger partial charge in [-0.25, -0.2) is 4.79 Å². The van der Waals surface area contributed by atoms with E-state index in [1.54, 1.807) is 24.3 Å². The van der Waals surface area contributed by atoms with Crippen LogP contribution in [0.1, 0.15) is 103 Å². The monoisotopic (exact) mass is 918 g/mol. The van der Waals surface area contributed by atoms with E-state index in [4.69, 9.17) is 23.7 Å². The lowest BCUT2D eigenvalue weighted by molar-refractivity contribution is -0.379. The molecule has 6 fully saturated rings. The van der Waals surface area contributed by atoms with Crippen molar-refractivity contribution < 1.29 is 79.5 Å². The number of hydrogen-bond donors (Lipinski definition) is 10. The number of aliphatic hydroxyl groups excluding tert-OH is 10.